The van der Waals surface area contributed by atoms with Crippen molar-refractivity contribution in [2.24, 2.45) is 11.0 Å². The number of carbonyl (C=O) groups is 2. The third kappa shape index (κ3) is 3.94. The van der Waals surface area contributed by atoms with E-state index in [0.717, 1.165) is 37.2 Å². The summed E-state index contributed by atoms with van der Waals surface area (Å²) < 4.78 is 0. The van der Waals surface area contributed by atoms with Crippen LogP contribution in [0.1, 0.15) is 57.2 Å². The van der Waals surface area contributed by atoms with Gasteiger partial charge in [-0.25, -0.2) is 0 Å². The van der Waals surface area contributed by atoms with Gasteiger partial charge in [-0.05, 0) is 68.0 Å². The number of fused-ring (bicyclic) bond motifs is 1. The monoisotopic (exact) mass is 396 g/mol. The molecule has 1 aromatic heterocycles. The van der Waals surface area contributed by atoms with Crippen LogP contribution in [-0.2, 0) is 12.8 Å². The highest BCUT2D eigenvalue weighted by Gasteiger charge is 2.21. The SMILES string of the molecule is CC1=NN(c2ccc(C(=O)NNC(=O)c3cc4c(s3)CC[C@@H](C)C4)cc2)CC1. The summed E-state index contributed by atoms with van der Waals surface area (Å²) >= 11 is 1.53. The first kappa shape index (κ1) is 18.7. The number of thiophene rings is 1. The van der Waals surface area contributed by atoms with Crippen LogP contribution in [-0.4, -0.2) is 24.1 Å². The Kier molecular flexibility index (Phi) is 5.17. The quantitative estimate of drug-likeness (QED) is 0.780. The van der Waals surface area contributed by atoms with Crippen molar-refractivity contribution in [1.82, 2.24) is 10.9 Å². The molecule has 4 rings (SSSR count). The predicted molar refractivity (Wildman–Crippen MR) is 112 cm³/mol. The van der Waals surface area contributed by atoms with E-state index in [9.17, 15) is 9.59 Å². The van der Waals surface area contributed by atoms with E-state index in [2.05, 4.69) is 22.9 Å². The number of aryl methyl sites for hydroxylation is 1. The molecule has 0 bridgehead atoms. The molecule has 2 heterocycles. The molecule has 1 aliphatic carbocycles. The molecule has 2 N–H and O–H groups in total. The molecule has 0 saturated carbocycles. The Labute approximate surface area is 168 Å². The number of benzene rings is 1. The lowest BCUT2D eigenvalue weighted by Crippen LogP contribution is -2.41. The van der Waals surface area contributed by atoms with Crippen molar-refractivity contribution in [3.8, 4) is 0 Å². The third-order valence-electron chi connectivity index (χ3n) is 5.25. The number of hydrogen-bond donors (Lipinski definition) is 2. The van der Waals surface area contributed by atoms with Crippen molar-refractivity contribution in [3.63, 3.8) is 0 Å². The zero-order valence-electron chi connectivity index (χ0n) is 16.1. The van der Waals surface area contributed by atoms with Crippen LogP contribution in [0.4, 0.5) is 5.69 Å². The molecule has 146 valence electrons. The maximum absolute atomic E-state index is 12.4. The van der Waals surface area contributed by atoms with Gasteiger partial charge in [0, 0.05) is 29.1 Å². The zero-order valence-corrected chi connectivity index (χ0v) is 16.9. The van der Waals surface area contributed by atoms with Crippen molar-refractivity contribution in [1.29, 1.82) is 0 Å². The van der Waals surface area contributed by atoms with Gasteiger partial charge in [0.15, 0.2) is 0 Å². The van der Waals surface area contributed by atoms with Crippen LogP contribution in [0.5, 0.6) is 0 Å². The van der Waals surface area contributed by atoms with Crippen LogP contribution >= 0.6 is 11.3 Å². The fourth-order valence-corrected chi connectivity index (χ4v) is 4.71. The second-order valence-corrected chi connectivity index (χ2v) is 8.71. The molecule has 28 heavy (non-hydrogen) atoms. The minimum Gasteiger partial charge on any atom is -0.267 e. The molecule has 1 aromatic carbocycles. The molecular weight excluding hydrogens is 372 g/mol. The van der Waals surface area contributed by atoms with Gasteiger partial charge in [0.1, 0.15) is 0 Å². The van der Waals surface area contributed by atoms with E-state index in [0.29, 0.717) is 16.4 Å². The average molecular weight is 397 g/mol. The maximum Gasteiger partial charge on any atom is 0.279 e. The number of anilines is 1. The number of nitrogens with one attached hydrogen (secondary N) is 2. The lowest BCUT2D eigenvalue weighted by molar-refractivity contribution is 0.0849. The number of hydrazine groups is 1. The highest BCUT2D eigenvalue weighted by molar-refractivity contribution is 7.14. The highest BCUT2D eigenvalue weighted by Crippen LogP contribution is 2.32. The number of amides is 2. The van der Waals surface area contributed by atoms with Gasteiger partial charge in [0.25, 0.3) is 11.8 Å². The van der Waals surface area contributed by atoms with Crippen LogP contribution in [0.2, 0.25) is 0 Å². The first-order valence-corrected chi connectivity index (χ1v) is 10.4. The van der Waals surface area contributed by atoms with Crippen molar-refractivity contribution < 1.29 is 9.59 Å². The van der Waals surface area contributed by atoms with E-state index in [1.165, 1.54) is 28.2 Å². The molecular formula is C21H24N4O2S. The van der Waals surface area contributed by atoms with Gasteiger partial charge in [-0.15, -0.1) is 11.3 Å². The fourth-order valence-electron chi connectivity index (χ4n) is 3.61. The van der Waals surface area contributed by atoms with Crippen molar-refractivity contribution >= 4 is 34.6 Å². The van der Waals surface area contributed by atoms with Crippen molar-refractivity contribution in [3.05, 3.63) is 51.2 Å². The molecule has 6 nitrogen and oxygen atoms in total. The molecule has 7 heteroatoms. The Bertz CT molecular complexity index is 932. The largest absolute Gasteiger partial charge is 0.279 e. The van der Waals surface area contributed by atoms with Gasteiger partial charge in [-0.1, -0.05) is 6.92 Å². The Hall–Kier alpha value is -2.67. The van der Waals surface area contributed by atoms with Crippen LogP contribution in [0.15, 0.2) is 35.4 Å². The summed E-state index contributed by atoms with van der Waals surface area (Å²) in [6.07, 6.45) is 4.19. The van der Waals surface area contributed by atoms with E-state index in [1.807, 2.05) is 30.1 Å². The zero-order chi connectivity index (χ0) is 19.7. The Balaban J connectivity index is 1.34. The van der Waals surface area contributed by atoms with Gasteiger partial charge in [0.05, 0.1) is 10.6 Å². The summed E-state index contributed by atoms with van der Waals surface area (Å²) in [5.74, 6) is 0.0608. The standard InChI is InChI=1S/C21H24N4O2S/c1-13-3-8-18-16(11-13)12-19(28-18)21(27)23-22-20(26)15-4-6-17(7-5-15)25-10-9-14(2)24-25/h4-7,12-13H,3,8-11H2,1-2H3,(H,22,26)(H,23,27)/t13-/m1/s1. The Morgan fingerprint density at radius 2 is 1.89 bits per heavy atom. The molecule has 0 unspecified atom stereocenters. The normalized spacial score (nSPS) is 18.4. The highest BCUT2D eigenvalue weighted by atomic mass is 32.1. The number of hydrogen-bond acceptors (Lipinski definition) is 5. The van der Waals surface area contributed by atoms with Gasteiger partial charge < -0.3 is 0 Å². The fraction of sp³-hybridized carbons (Fsp3) is 0.381. The number of rotatable bonds is 3. The van der Waals surface area contributed by atoms with Gasteiger partial charge >= 0.3 is 0 Å². The number of nitrogens with zero attached hydrogens (tertiary/aromatic N) is 2. The summed E-state index contributed by atoms with van der Waals surface area (Å²) in [7, 11) is 0. The lowest BCUT2D eigenvalue weighted by Gasteiger charge is -2.16. The molecule has 0 spiro atoms. The van der Waals surface area contributed by atoms with Crippen LogP contribution in [0.25, 0.3) is 0 Å². The van der Waals surface area contributed by atoms with Crippen molar-refractivity contribution in [2.45, 2.75) is 39.5 Å². The molecule has 0 radical (unpaired) electrons. The third-order valence-corrected chi connectivity index (χ3v) is 6.48. The minimum absolute atomic E-state index is 0.265. The first-order chi connectivity index (χ1) is 13.5. The summed E-state index contributed by atoms with van der Waals surface area (Å²) in [6.45, 7) is 5.11. The van der Waals surface area contributed by atoms with Gasteiger partial charge in [-0.2, -0.15) is 5.10 Å². The minimum atomic E-state index is -0.337. The predicted octanol–water partition coefficient (Wildman–Crippen LogP) is 3.53. The molecule has 1 atom stereocenters. The lowest BCUT2D eigenvalue weighted by atomic mass is 9.90. The maximum atomic E-state index is 12.4. The smallest absolute Gasteiger partial charge is 0.267 e. The molecule has 2 amide bonds. The second-order valence-electron chi connectivity index (χ2n) is 7.57. The molecule has 0 fully saturated rings. The van der Waals surface area contributed by atoms with Gasteiger partial charge in [-0.3, -0.25) is 25.4 Å². The number of hydrazone groups is 1. The summed E-state index contributed by atoms with van der Waals surface area (Å²) in [6, 6.07) is 9.18. The van der Waals surface area contributed by atoms with Crippen LogP contribution in [0, 0.1) is 5.92 Å². The Morgan fingerprint density at radius 1 is 1.14 bits per heavy atom. The van der Waals surface area contributed by atoms with E-state index >= 15 is 0 Å². The summed E-state index contributed by atoms with van der Waals surface area (Å²) in [5.41, 5.74) is 8.87. The number of carbonyl (C=O) groups excluding carboxylic acids is 2. The van der Waals surface area contributed by atoms with Gasteiger partial charge in [0.2, 0.25) is 0 Å². The topological polar surface area (TPSA) is 73.8 Å². The van der Waals surface area contributed by atoms with Crippen LogP contribution < -0.4 is 15.9 Å². The van der Waals surface area contributed by atoms with E-state index in [4.69, 9.17) is 0 Å². The van der Waals surface area contributed by atoms with E-state index in [1.54, 1.807) is 12.1 Å². The average Bonchev–Trinajstić information content (AvgIpc) is 3.31. The molecule has 2 aromatic rings. The van der Waals surface area contributed by atoms with E-state index < -0.39 is 0 Å². The molecule has 2 aliphatic rings. The summed E-state index contributed by atoms with van der Waals surface area (Å²) in [5, 5.41) is 6.38. The van der Waals surface area contributed by atoms with Crippen molar-refractivity contribution in [2.75, 3.05) is 11.6 Å². The molecule has 1 aliphatic heterocycles. The van der Waals surface area contributed by atoms with Crippen LogP contribution in [0.3, 0.4) is 0 Å². The molecule has 0 saturated heterocycles. The Morgan fingerprint density at radius 3 is 2.61 bits per heavy atom. The first-order valence-electron chi connectivity index (χ1n) is 9.63. The van der Waals surface area contributed by atoms with E-state index in [-0.39, 0.29) is 11.8 Å². The second kappa shape index (κ2) is 7.75. The summed E-state index contributed by atoms with van der Waals surface area (Å²) in [4.78, 5) is 26.7.